The highest BCUT2D eigenvalue weighted by molar-refractivity contribution is 6.06. The number of Topliss-reactive ketones (excluding diaryl/α,β-unsaturated/α-hetero) is 2. The van der Waals surface area contributed by atoms with E-state index in [1.165, 1.54) is 38.4 Å². The van der Waals surface area contributed by atoms with E-state index in [0.29, 0.717) is 12.8 Å². The predicted octanol–water partition coefficient (Wildman–Crippen LogP) is 3.12. The van der Waals surface area contributed by atoms with Crippen molar-refractivity contribution in [3.63, 3.8) is 0 Å². The monoisotopic (exact) mass is 312 g/mol. The standard InChI is InChI=1S/C16H17F3NO2/c1-20(2)13(15(22)11-8-9-11)12(16(17,18)19)14(21)10-6-4-3-5-7-10/h3-7,11-12H,8-9H2,1-2H3. The van der Waals surface area contributed by atoms with Gasteiger partial charge in [-0.15, -0.1) is 0 Å². The summed E-state index contributed by atoms with van der Waals surface area (Å²) in [6.45, 7) is 0. The molecule has 1 aromatic rings. The number of likely N-dealkylation sites (N-methyl/N-ethyl adjacent to an activating group) is 1. The molecule has 0 aromatic heterocycles. The Labute approximate surface area is 127 Å². The molecular formula is C16H17F3NO2. The molecule has 2 rings (SSSR count). The van der Waals surface area contributed by atoms with Crippen molar-refractivity contribution in [2.45, 2.75) is 19.0 Å². The summed E-state index contributed by atoms with van der Waals surface area (Å²) in [4.78, 5) is 25.7. The number of hydrogen-bond donors (Lipinski definition) is 0. The highest BCUT2D eigenvalue weighted by Crippen LogP contribution is 2.42. The first-order chi connectivity index (χ1) is 10.2. The maximum atomic E-state index is 13.5. The molecule has 1 atom stereocenters. The Bertz CT molecular complexity index is 550. The van der Waals surface area contributed by atoms with Crippen LogP contribution in [0, 0.1) is 17.9 Å². The fraction of sp³-hybridized carbons (Fsp3) is 0.438. The lowest BCUT2D eigenvalue weighted by atomic mass is 9.85. The van der Waals surface area contributed by atoms with Gasteiger partial charge in [0.25, 0.3) is 0 Å². The first-order valence-corrected chi connectivity index (χ1v) is 6.98. The molecule has 0 amide bonds. The molecule has 0 saturated heterocycles. The molecular weight excluding hydrogens is 295 g/mol. The van der Waals surface area contributed by atoms with E-state index in [0.717, 1.165) is 4.90 Å². The molecule has 119 valence electrons. The molecule has 1 aromatic carbocycles. The van der Waals surface area contributed by atoms with Crippen molar-refractivity contribution < 1.29 is 22.8 Å². The second-order valence-electron chi connectivity index (χ2n) is 5.62. The van der Waals surface area contributed by atoms with E-state index in [1.807, 2.05) is 0 Å². The van der Waals surface area contributed by atoms with Crippen LogP contribution in [0.15, 0.2) is 30.3 Å². The van der Waals surface area contributed by atoms with Crippen LogP contribution < -0.4 is 0 Å². The lowest BCUT2D eigenvalue weighted by Gasteiger charge is -2.30. The first-order valence-electron chi connectivity index (χ1n) is 6.98. The summed E-state index contributed by atoms with van der Waals surface area (Å²) < 4.78 is 40.5. The molecule has 0 spiro atoms. The van der Waals surface area contributed by atoms with Gasteiger partial charge in [0.1, 0.15) is 12.0 Å². The van der Waals surface area contributed by atoms with Crippen LogP contribution in [-0.4, -0.2) is 36.7 Å². The molecule has 6 heteroatoms. The summed E-state index contributed by atoms with van der Waals surface area (Å²) >= 11 is 0. The zero-order valence-corrected chi connectivity index (χ0v) is 12.4. The van der Waals surface area contributed by atoms with E-state index in [1.54, 1.807) is 6.07 Å². The van der Waals surface area contributed by atoms with E-state index in [9.17, 15) is 22.8 Å². The van der Waals surface area contributed by atoms with Gasteiger partial charge in [-0.25, -0.2) is 0 Å². The summed E-state index contributed by atoms with van der Waals surface area (Å²) in [6.07, 6.45) is -3.64. The normalized spacial score (nSPS) is 16.9. The van der Waals surface area contributed by atoms with Crippen molar-refractivity contribution in [3.8, 4) is 0 Å². The van der Waals surface area contributed by atoms with Gasteiger partial charge in [-0.05, 0) is 26.9 Å². The van der Waals surface area contributed by atoms with Crippen LogP contribution in [0.1, 0.15) is 23.2 Å². The summed E-state index contributed by atoms with van der Waals surface area (Å²) in [6, 6.07) is 6.80. The molecule has 3 nitrogen and oxygen atoms in total. The number of rotatable bonds is 6. The van der Waals surface area contributed by atoms with Crippen LogP contribution in [-0.2, 0) is 4.79 Å². The smallest absolute Gasteiger partial charge is 0.297 e. The van der Waals surface area contributed by atoms with E-state index >= 15 is 0 Å². The average molecular weight is 312 g/mol. The minimum atomic E-state index is -4.81. The third-order valence-electron chi connectivity index (χ3n) is 3.60. The molecule has 1 aliphatic rings. The molecule has 0 N–H and O–H groups in total. The zero-order valence-electron chi connectivity index (χ0n) is 12.4. The Morgan fingerprint density at radius 2 is 1.68 bits per heavy atom. The minimum Gasteiger partial charge on any atom is -0.297 e. The van der Waals surface area contributed by atoms with Crippen LogP contribution in [0.5, 0.6) is 0 Å². The molecule has 22 heavy (non-hydrogen) atoms. The maximum absolute atomic E-state index is 13.5. The Balaban J connectivity index is 2.40. The highest BCUT2D eigenvalue weighted by Gasteiger charge is 2.55. The van der Waals surface area contributed by atoms with E-state index in [4.69, 9.17) is 0 Å². The zero-order chi connectivity index (χ0) is 16.5. The van der Waals surface area contributed by atoms with Gasteiger partial charge in [-0.1, -0.05) is 30.3 Å². The quantitative estimate of drug-likeness (QED) is 0.757. The van der Waals surface area contributed by atoms with E-state index in [2.05, 4.69) is 0 Å². The molecule has 0 aliphatic heterocycles. The van der Waals surface area contributed by atoms with Gasteiger partial charge in [0.2, 0.25) is 0 Å². The lowest BCUT2D eigenvalue weighted by molar-refractivity contribution is -0.166. The number of nitrogens with zero attached hydrogens (tertiary/aromatic N) is 1. The molecule has 1 radical (unpaired) electrons. The Kier molecular flexibility index (Phi) is 4.70. The molecule has 1 fully saturated rings. The number of ketones is 2. The van der Waals surface area contributed by atoms with Crippen LogP contribution in [0.2, 0.25) is 0 Å². The fourth-order valence-corrected chi connectivity index (χ4v) is 2.37. The van der Waals surface area contributed by atoms with E-state index in [-0.39, 0.29) is 11.5 Å². The largest absolute Gasteiger partial charge is 0.401 e. The first kappa shape index (κ1) is 16.7. The van der Waals surface area contributed by atoms with Crippen molar-refractivity contribution in [2.75, 3.05) is 14.1 Å². The molecule has 0 heterocycles. The van der Waals surface area contributed by atoms with Gasteiger partial charge in [-0.2, -0.15) is 13.2 Å². The van der Waals surface area contributed by atoms with Crippen LogP contribution in [0.3, 0.4) is 0 Å². The Morgan fingerprint density at radius 1 is 1.14 bits per heavy atom. The molecule has 0 bridgehead atoms. The summed E-state index contributed by atoms with van der Waals surface area (Å²) in [5, 5.41) is 0. The Hall–Kier alpha value is -1.69. The van der Waals surface area contributed by atoms with Crippen molar-refractivity contribution in [1.82, 2.24) is 4.90 Å². The van der Waals surface area contributed by atoms with Crippen molar-refractivity contribution >= 4 is 11.6 Å². The third-order valence-corrected chi connectivity index (χ3v) is 3.60. The van der Waals surface area contributed by atoms with Gasteiger partial charge >= 0.3 is 6.18 Å². The summed E-state index contributed by atoms with van der Waals surface area (Å²) in [5.41, 5.74) is -0.0484. The molecule has 1 unspecified atom stereocenters. The van der Waals surface area contributed by atoms with Gasteiger partial charge in [0, 0.05) is 11.5 Å². The predicted molar refractivity (Wildman–Crippen MR) is 75.0 cm³/mol. The summed E-state index contributed by atoms with van der Waals surface area (Å²) in [5.74, 6) is -4.47. The van der Waals surface area contributed by atoms with Gasteiger partial charge in [0.05, 0.1) is 0 Å². The fourth-order valence-electron chi connectivity index (χ4n) is 2.37. The van der Waals surface area contributed by atoms with Crippen LogP contribution in [0.25, 0.3) is 0 Å². The van der Waals surface area contributed by atoms with Gasteiger partial charge < -0.3 is 0 Å². The van der Waals surface area contributed by atoms with Crippen LogP contribution in [0.4, 0.5) is 13.2 Å². The number of benzene rings is 1. The second-order valence-corrected chi connectivity index (χ2v) is 5.62. The van der Waals surface area contributed by atoms with Gasteiger partial charge in [-0.3, -0.25) is 14.5 Å². The SMILES string of the molecule is CN(C)[C](C(=O)C1CC1)C(C(=O)c1ccccc1)C(F)(F)F. The Morgan fingerprint density at radius 3 is 2.09 bits per heavy atom. The number of carbonyl (C=O) groups excluding carboxylic acids is 2. The number of hydrogen-bond acceptors (Lipinski definition) is 3. The van der Waals surface area contributed by atoms with Crippen molar-refractivity contribution in [2.24, 2.45) is 11.8 Å². The maximum Gasteiger partial charge on any atom is 0.401 e. The number of alkyl halides is 3. The molecule has 1 aliphatic carbocycles. The lowest BCUT2D eigenvalue weighted by Crippen LogP contribution is -2.46. The molecule has 1 saturated carbocycles. The second kappa shape index (κ2) is 6.20. The van der Waals surface area contributed by atoms with Crippen molar-refractivity contribution in [1.29, 1.82) is 0 Å². The minimum absolute atomic E-state index is 0.0484. The van der Waals surface area contributed by atoms with Gasteiger partial charge in [0.15, 0.2) is 11.6 Å². The summed E-state index contributed by atoms with van der Waals surface area (Å²) in [7, 11) is 2.74. The average Bonchev–Trinajstić information content (AvgIpc) is 3.27. The third kappa shape index (κ3) is 3.55. The topological polar surface area (TPSA) is 37.4 Å². The van der Waals surface area contributed by atoms with E-state index < -0.39 is 29.7 Å². The van der Waals surface area contributed by atoms with Crippen molar-refractivity contribution in [3.05, 3.63) is 41.9 Å². The van der Waals surface area contributed by atoms with Crippen LogP contribution >= 0.6 is 0 Å². The number of halogens is 3. The highest BCUT2D eigenvalue weighted by atomic mass is 19.4. The number of carbonyl (C=O) groups is 2.